The van der Waals surface area contributed by atoms with Crippen molar-refractivity contribution in [2.75, 3.05) is 0 Å². The minimum atomic E-state index is -1.09. The molecule has 0 aliphatic carbocycles. The Hall–Kier alpha value is -3.02. The summed E-state index contributed by atoms with van der Waals surface area (Å²) in [6.45, 7) is 0. The van der Waals surface area contributed by atoms with Gasteiger partial charge in [-0.05, 0) is 18.2 Å². The second-order valence-electron chi connectivity index (χ2n) is 3.40. The maximum absolute atomic E-state index is 10.9. The third-order valence-corrected chi connectivity index (χ3v) is 1.95. The first kappa shape index (κ1) is 15.0. The summed E-state index contributed by atoms with van der Waals surface area (Å²) in [5, 5.41) is 14.6. The van der Waals surface area contributed by atoms with E-state index in [-0.39, 0.29) is 0 Å². The van der Waals surface area contributed by atoms with Gasteiger partial charge in [-0.1, -0.05) is 12.2 Å². The minimum Gasteiger partial charge on any atom is -0.464 e. The van der Waals surface area contributed by atoms with E-state index in [2.05, 4.69) is 15.6 Å². The number of nitrogens with one attached hydrogen (secondary N) is 2. The molecule has 0 saturated heterocycles. The molecular weight excluding hydrogens is 256 g/mol. The molecule has 1 rings (SSSR count). The summed E-state index contributed by atoms with van der Waals surface area (Å²) in [5.41, 5.74) is 0. The smallest absolute Gasteiger partial charge is 0.415 e. The van der Waals surface area contributed by atoms with Crippen LogP contribution in [0.25, 0.3) is 0 Å². The Morgan fingerprint density at radius 3 is 2.25 bits per heavy atom. The van der Waals surface area contributed by atoms with Gasteiger partial charge in [0.05, 0.1) is 0 Å². The van der Waals surface area contributed by atoms with Crippen molar-refractivity contribution in [1.29, 1.82) is 0 Å². The highest BCUT2D eigenvalue weighted by Gasteiger charge is 2.01. The van der Waals surface area contributed by atoms with Gasteiger partial charge in [-0.25, -0.2) is 4.79 Å². The van der Waals surface area contributed by atoms with Crippen LogP contribution < -0.4 is 10.6 Å². The maximum atomic E-state index is 10.9. The van der Waals surface area contributed by atoms with Crippen LogP contribution in [0.5, 0.6) is 0 Å². The fraction of sp³-hybridized carbons (Fsp3) is 0. The van der Waals surface area contributed by atoms with Crippen LogP contribution in [0.1, 0.15) is 0 Å². The van der Waals surface area contributed by atoms with Crippen LogP contribution in [0.3, 0.4) is 0 Å². The first-order chi connectivity index (χ1) is 9.80. The number of rotatable bonds is 0. The number of nitrogens with zero attached hydrogens (tertiary/aromatic N) is 2. The molecule has 0 radical (unpaired) electrons. The average Bonchev–Trinajstić information content (AvgIpc) is 2.43. The summed E-state index contributed by atoms with van der Waals surface area (Å²) in [7, 11) is 0. The Morgan fingerprint density at radius 2 is 1.55 bits per heavy atom. The molecule has 0 aromatic carbocycles. The van der Waals surface area contributed by atoms with E-state index in [1.807, 2.05) is 12.2 Å². The van der Waals surface area contributed by atoms with Gasteiger partial charge < -0.3 is 15.7 Å². The molecule has 0 spiro atoms. The zero-order valence-corrected chi connectivity index (χ0v) is 10.8. The van der Waals surface area contributed by atoms with E-state index in [0.717, 1.165) is 4.90 Å². The number of hydrogen-bond donors (Lipinski definition) is 3. The van der Waals surface area contributed by atoms with Gasteiger partial charge in [-0.15, -0.1) is 0 Å². The van der Waals surface area contributed by atoms with E-state index in [1.165, 1.54) is 24.8 Å². The van der Waals surface area contributed by atoms with Crippen molar-refractivity contribution in [2.45, 2.75) is 0 Å². The Labute approximate surface area is 117 Å². The molecule has 0 atom stereocenters. The Bertz CT molecular complexity index is 461. The standard InChI is InChI=1S/C14H16N4O2/c19-14(20)18-12-10-16-7-4-2-1-3-6-15-8-5-9-17-11-13-18/h1-13,16-17H,(H,19,20). The molecule has 0 aromatic heterocycles. The molecule has 6 nitrogen and oxygen atoms in total. The van der Waals surface area contributed by atoms with Crippen LogP contribution in [0.15, 0.2) is 78.8 Å². The molecule has 0 aromatic rings. The van der Waals surface area contributed by atoms with Crippen molar-refractivity contribution in [2.24, 2.45) is 4.99 Å². The van der Waals surface area contributed by atoms with Gasteiger partial charge in [-0.3, -0.25) is 9.89 Å². The highest BCUT2D eigenvalue weighted by molar-refractivity contribution is 5.71. The maximum Gasteiger partial charge on any atom is 0.415 e. The van der Waals surface area contributed by atoms with Crippen LogP contribution in [0.2, 0.25) is 0 Å². The van der Waals surface area contributed by atoms with E-state index in [1.54, 1.807) is 43.0 Å². The normalized spacial score (nSPS) is 15.7. The summed E-state index contributed by atoms with van der Waals surface area (Å²) in [5.74, 6) is 0. The first-order valence-electron chi connectivity index (χ1n) is 5.84. The molecule has 1 aliphatic rings. The van der Waals surface area contributed by atoms with Crippen LogP contribution >= 0.6 is 0 Å². The quantitative estimate of drug-likeness (QED) is 0.632. The predicted molar refractivity (Wildman–Crippen MR) is 79.5 cm³/mol. The van der Waals surface area contributed by atoms with Gasteiger partial charge in [0.15, 0.2) is 0 Å². The highest BCUT2D eigenvalue weighted by Crippen LogP contribution is 1.92. The van der Waals surface area contributed by atoms with Gasteiger partial charge in [-0.2, -0.15) is 0 Å². The van der Waals surface area contributed by atoms with E-state index in [9.17, 15) is 4.79 Å². The predicted octanol–water partition coefficient (Wildman–Crippen LogP) is 2.27. The largest absolute Gasteiger partial charge is 0.464 e. The summed E-state index contributed by atoms with van der Waals surface area (Å²) in [4.78, 5) is 15.9. The molecule has 1 amide bonds. The third-order valence-electron chi connectivity index (χ3n) is 1.95. The van der Waals surface area contributed by atoms with Gasteiger partial charge in [0, 0.05) is 49.6 Å². The fourth-order valence-corrected chi connectivity index (χ4v) is 1.07. The minimum absolute atomic E-state index is 1.01. The lowest BCUT2D eigenvalue weighted by atomic mass is 10.4. The van der Waals surface area contributed by atoms with Crippen molar-refractivity contribution >= 4 is 12.3 Å². The number of amides is 1. The first-order valence-corrected chi connectivity index (χ1v) is 5.84. The van der Waals surface area contributed by atoms with E-state index in [4.69, 9.17) is 5.11 Å². The number of aliphatic imine (C=N–C) groups is 1. The third kappa shape index (κ3) is 7.33. The van der Waals surface area contributed by atoms with Crippen molar-refractivity contribution in [3.63, 3.8) is 0 Å². The molecule has 0 saturated carbocycles. The zero-order chi connectivity index (χ0) is 14.5. The molecule has 1 heterocycles. The molecule has 0 fully saturated rings. The van der Waals surface area contributed by atoms with Crippen molar-refractivity contribution in [1.82, 2.24) is 15.5 Å². The van der Waals surface area contributed by atoms with Gasteiger partial charge in [0.1, 0.15) is 0 Å². The molecular formula is C14H16N4O2. The lowest BCUT2D eigenvalue weighted by molar-refractivity contribution is 0.175. The average molecular weight is 272 g/mol. The van der Waals surface area contributed by atoms with Crippen molar-refractivity contribution in [3.05, 3.63) is 73.8 Å². The SMILES string of the molecule is O=C(O)N1C=CNC=CC=CC=CN=CC=CNC=C1. The molecule has 1 aliphatic heterocycles. The second kappa shape index (κ2) is 9.95. The van der Waals surface area contributed by atoms with Crippen molar-refractivity contribution < 1.29 is 9.90 Å². The zero-order valence-electron chi connectivity index (χ0n) is 10.8. The number of carboxylic acid groups (broad SMARTS) is 1. The molecule has 104 valence electrons. The molecule has 3 N–H and O–H groups in total. The van der Waals surface area contributed by atoms with Gasteiger partial charge in [0.2, 0.25) is 0 Å². The lowest BCUT2D eigenvalue weighted by Crippen LogP contribution is -2.18. The second-order valence-corrected chi connectivity index (χ2v) is 3.40. The summed E-state index contributed by atoms with van der Waals surface area (Å²) in [6.07, 6.45) is 20.2. The lowest BCUT2D eigenvalue weighted by Gasteiger charge is -2.07. The Balaban J connectivity index is 2.75. The molecule has 20 heavy (non-hydrogen) atoms. The van der Waals surface area contributed by atoms with E-state index in [0.29, 0.717) is 0 Å². The van der Waals surface area contributed by atoms with Crippen LogP contribution in [0.4, 0.5) is 4.79 Å². The van der Waals surface area contributed by atoms with E-state index >= 15 is 0 Å². The summed E-state index contributed by atoms with van der Waals surface area (Å²) >= 11 is 0. The molecule has 0 bridgehead atoms. The number of allylic oxidation sites excluding steroid dienone is 5. The monoisotopic (exact) mass is 272 g/mol. The molecule has 0 unspecified atom stereocenters. The fourth-order valence-electron chi connectivity index (χ4n) is 1.07. The van der Waals surface area contributed by atoms with Crippen LogP contribution in [-0.2, 0) is 0 Å². The van der Waals surface area contributed by atoms with Crippen LogP contribution in [-0.4, -0.2) is 22.3 Å². The topological polar surface area (TPSA) is 77.0 Å². The molecule has 6 heteroatoms. The number of hydrogen-bond acceptors (Lipinski definition) is 4. The Kier molecular flexibility index (Phi) is 7.49. The van der Waals surface area contributed by atoms with Gasteiger partial charge in [0.25, 0.3) is 0 Å². The van der Waals surface area contributed by atoms with Gasteiger partial charge >= 0.3 is 6.09 Å². The Morgan fingerprint density at radius 1 is 0.900 bits per heavy atom. The van der Waals surface area contributed by atoms with Crippen LogP contribution in [0, 0.1) is 0 Å². The summed E-state index contributed by atoms with van der Waals surface area (Å²) < 4.78 is 0. The highest BCUT2D eigenvalue weighted by atomic mass is 16.4. The summed E-state index contributed by atoms with van der Waals surface area (Å²) in [6, 6.07) is 0. The van der Waals surface area contributed by atoms with Crippen molar-refractivity contribution in [3.8, 4) is 0 Å². The number of carbonyl (C=O) groups is 1. The van der Waals surface area contributed by atoms with E-state index < -0.39 is 6.09 Å².